The lowest BCUT2D eigenvalue weighted by molar-refractivity contribution is -0.137. The van der Waals surface area contributed by atoms with Gasteiger partial charge in [-0.15, -0.1) is 0 Å². The summed E-state index contributed by atoms with van der Waals surface area (Å²) < 4.78 is 28.1. The van der Waals surface area contributed by atoms with Crippen LogP contribution in [0.2, 0.25) is 0 Å². The maximum atomic E-state index is 13.1. The third kappa shape index (κ3) is 5.34. The smallest absolute Gasteiger partial charge is 0.253 e. The van der Waals surface area contributed by atoms with E-state index in [1.807, 2.05) is 23.1 Å². The molecule has 0 spiro atoms. The summed E-state index contributed by atoms with van der Waals surface area (Å²) in [5, 5.41) is 5.11. The van der Waals surface area contributed by atoms with Crippen LogP contribution >= 0.6 is 0 Å². The second-order valence-corrected chi connectivity index (χ2v) is 10.2. The van der Waals surface area contributed by atoms with Crippen molar-refractivity contribution in [2.45, 2.75) is 17.7 Å². The van der Waals surface area contributed by atoms with Crippen LogP contribution in [-0.2, 0) is 14.8 Å². The van der Waals surface area contributed by atoms with Gasteiger partial charge in [0.1, 0.15) is 5.75 Å². The van der Waals surface area contributed by atoms with Gasteiger partial charge < -0.3 is 19.4 Å². The molecule has 4 rings (SSSR count). The number of amides is 2. The molecule has 2 heterocycles. The SMILES string of the molecule is COc1cccc(N2CCN(C(=O)C3CCN(C(=O)c4ccc(S(N)(=O)=O)cc4)CC3)CC2)c1. The predicted octanol–water partition coefficient (Wildman–Crippen LogP) is 1.54. The normalized spacial score (nSPS) is 17.5. The first-order valence-electron chi connectivity index (χ1n) is 11.4. The fourth-order valence-corrected chi connectivity index (χ4v) is 5.07. The molecule has 0 aliphatic carbocycles. The van der Waals surface area contributed by atoms with Crippen molar-refractivity contribution in [1.29, 1.82) is 0 Å². The first kappa shape index (κ1) is 24.0. The van der Waals surface area contributed by atoms with E-state index < -0.39 is 10.0 Å². The second kappa shape index (κ2) is 10.0. The highest BCUT2D eigenvalue weighted by Crippen LogP contribution is 2.25. The number of anilines is 1. The molecular weight excluding hydrogens is 456 g/mol. The van der Waals surface area contributed by atoms with Gasteiger partial charge in [-0.1, -0.05) is 6.07 Å². The summed E-state index contributed by atoms with van der Waals surface area (Å²) in [5.74, 6) is 0.725. The number of methoxy groups -OCH3 is 1. The summed E-state index contributed by atoms with van der Waals surface area (Å²) in [6.45, 7) is 3.87. The molecule has 0 aromatic heterocycles. The van der Waals surface area contributed by atoms with Crippen molar-refractivity contribution in [1.82, 2.24) is 9.80 Å². The Kier molecular flexibility index (Phi) is 7.08. The molecule has 2 aliphatic rings. The standard InChI is InChI=1S/C24H30N4O5S/c1-33-21-4-2-3-20(17-21)26-13-15-28(16-14-26)24(30)19-9-11-27(12-10-19)23(29)18-5-7-22(8-6-18)34(25,31)32/h2-8,17,19H,9-16H2,1H3,(H2,25,31,32). The van der Waals surface area contributed by atoms with Crippen LogP contribution in [-0.4, -0.2) is 76.4 Å². The number of sulfonamides is 1. The van der Waals surface area contributed by atoms with E-state index in [-0.39, 0.29) is 22.6 Å². The molecule has 2 aliphatic heterocycles. The first-order valence-corrected chi connectivity index (χ1v) is 12.9. The van der Waals surface area contributed by atoms with Gasteiger partial charge in [-0.25, -0.2) is 13.6 Å². The molecule has 0 unspecified atom stereocenters. The lowest BCUT2D eigenvalue weighted by Gasteiger charge is -2.39. The number of benzene rings is 2. The Morgan fingerprint density at radius 3 is 2.15 bits per heavy atom. The lowest BCUT2D eigenvalue weighted by Crippen LogP contribution is -2.52. The maximum Gasteiger partial charge on any atom is 0.253 e. The summed E-state index contributed by atoms with van der Waals surface area (Å²) >= 11 is 0. The van der Waals surface area contributed by atoms with Gasteiger partial charge in [-0.3, -0.25) is 9.59 Å². The molecule has 2 aromatic rings. The Morgan fingerprint density at radius 1 is 0.912 bits per heavy atom. The van der Waals surface area contributed by atoms with E-state index >= 15 is 0 Å². The summed E-state index contributed by atoms with van der Waals surface area (Å²) in [7, 11) is -2.14. The second-order valence-electron chi connectivity index (χ2n) is 8.65. The monoisotopic (exact) mass is 486 g/mol. The van der Waals surface area contributed by atoms with E-state index in [1.54, 1.807) is 12.0 Å². The number of rotatable bonds is 5. The summed E-state index contributed by atoms with van der Waals surface area (Å²) in [5.41, 5.74) is 1.50. The number of carbonyl (C=O) groups is 2. The molecule has 34 heavy (non-hydrogen) atoms. The van der Waals surface area contributed by atoms with Gasteiger partial charge in [-0.05, 0) is 49.2 Å². The first-order chi connectivity index (χ1) is 16.3. The highest BCUT2D eigenvalue weighted by Gasteiger charge is 2.32. The van der Waals surface area contributed by atoms with Gasteiger partial charge in [0, 0.05) is 62.5 Å². The number of ether oxygens (including phenoxy) is 1. The maximum absolute atomic E-state index is 13.1. The van der Waals surface area contributed by atoms with Gasteiger partial charge in [-0.2, -0.15) is 0 Å². The molecule has 2 aromatic carbocycles. The van der Waals surface area contributed by atoms with Crippen molar-refractivity contribution in [3.05, 3.63) is 54.1 Å². The van der Waals surface area contributed by atoms with E-state index in [0.717, 1.165) is 24.5 Å². The third-order valence-electron chi connectivity index (χ3n) is 6.57. The van der Waals surface area contributed by atoms with Gasteiger partial charge >= 0.3 is 0 Å². The van der Waals surface area contributed by atoms with Crippen LogP contribution in [0.4, 0.5) is 5.69 Å². The van der Waals surface area contributed by atoms with Crippen molar-refractivity contribution in [3.63, 3.8) is 0 Å². The fraction of sp³-hybridized carbons (Fsp3) is 0.417. The van der Waals surface area contributed by atoms with E-state index in [2.05, 4.69) is 11.0 Å². The lowest BCUT2D eigenvalue weighted by atomic mass is 9.94. The van der Waals surface area contributed by atoms with E-state index in [0.29, 0.717) is 44.6 Å². The van der Waals surface area contributed by atoms with Crippen LogP contribution in [0.3, 0.4) is 0 Å². The van der Waals surface area contributed by atoms with Gasteiger partial charge in [0.15, 0.2) is 0 Å². The Morgan fingerprint density at radius 2 is 1.56 bits per heavy atom. The van der Waals surface area contributed by atoms with Crippen LogP contribution < -0.4 is 14.8 Å². The van der Waals surface area contributed by atoms with Crippen molar-refractivity contribution >= 4 is 27.5 Å². The number of nitrogens with zero attached hydrogens (tertiary/aromatic N) is 3. The number of carbonyl (C=O) groups excluding carboxylic acids is 2. The molecule has 9 nitrogen and oxygen atoms in total. The van der Waals surface area contributed by atoms with Crippen LogP contribution in [0.5, 0.6) is 5.75 Å². The van der Waals surface area contributed by atoms with Crippen molar-refractivity contribution < 1.29 is 22.7 Å². The molecule has 2 saturated heterocycles. The average Bonchev–Trinajstić information content (AvgIpc) is 2.87. The van der Waals surface area contributed by atoms with Crippen molar-refractivity contribution in [3.8, 4) is 5.75 Å². The number of likely N-dealkylation sites (tertiary alicyclic amines) is 1. The van der Waals surface area contributed by atoms with Crippen LogP contribution in [0, 0.1) is 5.92 Å². The van der Waals surface area contributed by atoms with Gasteiger partial charge in [0.25, 0.3) is 5.91 Å². The molecule has 2 fully saturated rings. The topological polar surface area (TPSA) is 113 Å². The number of piperazine rings is 1. The largest absolute Gasteiger partial charge is 0.497 e. The van der Waals surface area contributed by atoms with E-state index in [1.165, 1.54) is 24.3 Å². The number of hydrogen-bond acceptors (Lipinski definition) is 6. The van der Waals surface area contributed by atoms with Gasteiger partial charge in [0.2, 0.25) is 15.9 Å². The summed E-state index contributed by atoms with van der Waals surface area (Å²) in [6.07, 6.45) is 1.24. The molecule has 2 amide bonds. The zero-order valence-electron chi connectivity index (χ0n) is 19.2. The fourth-order valence-electron chi connectivity index (χ4n) is 4.55. The van der Waals surface area contributed by atoms with Crippen LogP contribution in [0.15, 0.2) is 53.4 Å². The van der Waals surface area contributed by atoms with E-state index in [9.17, 15) is 18.0 Å². The summed E-state index contributed by atoms with van der Waals surface area (Å²) in [6, 6.07) is 13.6. The Hall–Kier alpha value is -3.11. The predicted molar refractivity (Wildman–Crippen MR) is 128 cm³/mol. The van der Waals surface area contributed by atoms with Crippen LogP contribution in [0.1, 0.15) is 23.2 Å². The summed E-state index contributed by atoms with van der Waals surface area (Å²) in [4.78, 5) is 31.8. The quantitative estimate of drug-likeness (QED) is 0.686. The average molecular weight is 487 g/mol. The molecule has 0 radical (unpaired) electrons. The number of hydrogen-bond donors (Lipinski definition) is 1. The zero-order chi connectivity index (χ0) is 24.3. The van der Waals surface area contributed by atoms with Crippen molar-refractivity contribution in [2.24, 2.45) is 11.1 Å². The van der Waals surface area contributed by atoms with Crippen LogP contribution in [0.25, 0.3) is 0 Å². The molecule has 2 N–H and O–H groups in total. The molecule has 182 valence electrons. The Balaban J connectivity index is 1.28. The van der Waals surface area contributed by atoms with Crippen molar-refractivity contribution in [2.75, 3.05) is 51.3 Å². The number of piperidine rings is 1. The molecule has 0 saturated carbocycles. The minimum atomic E-state index is -3.80. The molecule has 0 bridgehead atoms. The minimum absolute atomic E-state index is 0.0279. The number of nitrogens with two attached hydrogens (primary N) is 1. The van der Waals surface area contributed by atoms with E-state index in [4.69, 9.17) is 9.88 Å². The third-order valence-corrected chi connectivity index (χ3v) is 7.50. The highest BCUT2D eigenvalue weighted by molar-refractivity contribution is 7.89. The Labute approximate surface area is 200 Å². The Bertz CT molecular complexity index is 1140. The molecular formula is C24H30N4O5S. The molecule has 0 atom stereocenters. The van der Waals surface area contributed by atoms with Gasteiger partial charge in [0.05, 0.1) is 12.0 Å². The number of primary sulfonamides is 1. The highest BCUT2D eigenvalue weighted by atomic mass is 32.2. The minimum Gasteiger partial charge on any atom is -0.497 e. The zero-order valence-corrected chi connectivity index (χ0v) is 20.0. The molecule has 10 heteroatoms.